The standard InChI is InChI=1S/C21H20N4O3S/c1-14-7-8-16(12-19(14)25(27)28)20(26)22-17-6-4-5-15(11-17)18-13-29-21(23-18)24-9-2-3-10-24/h4-8,11-13H,2-3,9-10H2,1H3,(H,22,26). The van der Waals surface area contributed by atoms with Crippen molar-refractivity contribution >= 4 is 33.8 Å². The summed E-state index contributed by atoms with van der Waals surface area (Å²) < 4.78 is 0. The van der Waals surface area contributed by atoms with Crippen LogP contribution in [0, 0.1) is 17.0 Å². The molecule has 2 heterocycles. The lowest BCUT2D eigenvalue weighted by molar-refractivity contribution is -0.385. The number of amides is 1. The van der Waals surface area contributed by atoms with Crippen LogP contribution in [0.15, 0.2) is 47.8 Å². The number of nitro benzene ring substituents is 1. The fourth-order valence-electron chi connectivity index (χ4n) is 3.36. The van der Waals surface area contributed by atoms with Crippen LogP contribution < -0.4 is 10.2 Å². The SMILES string of the molecule is Cc1ccc(C(=O)Nc2cccc(-c3csc(N4CCCC4)n3)c2)cc1[N+](=O)[O-]. The Hall–Kier alpha value is -3.26. The van der Waals surface area contributed by atoms with Crippen molar-refractivity contribution in [3.63, 3.8) is 0 Å². The van der Waals surface area contributed by atoms with Crippen molar-refractivity contribution in [2.75, 3.05) is 23.3 Å². The highest BCUT2D eigenvalue weighted by atomic mass is 32.1. The summed E-state index contributed by atoms with van der Waals surface area (Å²) in [7, 11) is 0. The number of benzene rings is 2. The van der Waals surface area contributed by atoms with E-state index in [9.17, 15) is 14.9 Å². The second-order valence-electron chi connectivity index (χ2n) is 7.00. The molecule has 1 aliphatic rings. The average molecular weight is 408 g/mol. The maximum atomic E-state index is 12.6. The fourth-order valence-corrected chi connectivity index (χ4v) is 4.25. The minimum Gasteiger partial charge on any atom is -0.348 e. The van der Waals surface area contributed by atoms with E-state index in [-0.39, 0.29) is 17.2 Å². The first kappa shape index (κ1) is 19.1. The number of carbonyl (C=O) groups is 1. The van der Waals surface area contributed by atoms with Crippen LogP contribution in [-0.4, -0.2) is 28.9 Å². The summed E-state index contributed by atoms with van der Waals surface area (Å²) in [6.45, 7) is 3.74. The third-order valence-electron chi connectivity index (χ3n) is 4.95. The molecular formula is C21H20N4O3S. The van der Waals surface area contributed by atoms with Gasteiger partial charge in [-0.2, -0.15) is 0 Å². The van der Waals surface area contributed by atoms with Gasteiger partial charge in [0.2, 0.25) is 0 Å². The molecule has 1 saturated heterocycles. The summed E-state index contributed by atoms with van der Waals surface area (Å²) in [4.78, 5) is 30.2. The summed E-state index contributed by atoms with van der Waals surface area (Å²) in [5, 5.41) is 17.0. The summed E-state index contributed by atoms with van der Waals surface area (Å²) in [6.07, 6.45) is 2.40. The van der Waals surface area contributed by atoms with Crippen LogP contribution in [-0.2, 0) is 0 Å². The first-order valence-electron chi connectivity index (χ1n) is 9.38. The zero-order valence-corrected chi connectivity index (χ0v) is 16.7. The number of anilines is 2. The predicted octanol–water partition coefficient (Wildman–Crippen LogP) is 4.88. The maximum Gasteiger partial charge on any atom is 0.273 e. The van der Waals surface area contributed by atoms with Gasteiger partial charge in [-0.05, 0) is 38.0 Å². The Bertz CT molecular complexity index is 1070. The average Bonchev–Trinajstić information content (AvgIpc) is 3.40. The predicted molar refractivity (Wildman–Crippen MR) is 115 cm³/mol. The Balaban J connectivity index is 1.53. The van der Waals surface area contributed by atoms with Crippen LogP contribution in [0.4, 0.5) is 16.5 Å². The van der Waals surface area contributed by atoms with Crippen LogP contribution in [0.25, 0.3) is 11.3 Å². The zero-order chi connectivity index (χ0) is 20.4. The minimum absolute atomic E-state index is 0.0664. The van der Waals surface area contributed by atoms with Crippen molar-refractivity contribution in [2.45, 2.75) is 19.8 Å². The molecule has 0 aliphatic carbocycles. The first-order chi connectivity index (χ1) is 14.0. The summed E-state index contributed by atoms with van der Waals surface area (Å²) in [5.41, 5.74) is 3.11. The van der Waals surface area contributed by atoms with E-state index in [1.54, 1.807) is 36.5 Å². The third-order valence-corrected chi connectivity index (χ3v) is 5.85. The summed E-state index contributed by atoms with van der Waals surface area (Å²) in [6, 6.07) is 11.9. The van der Waals surface area contributed by atoms with Crippen molar-refractivity contribution in [3.8, 4) is 11.3 Å². The van der Waals surface area contributed by atoms with Gasteiger partial charge >= 0.3 is 0 Å². The van der Waals surface area contributed by atoms with E-state index in [1.807, 2.05) is 23.6 Å². The Morgan fingerprint density at radius 2 is 2.00 bits per heavy atom. The van der Waals surface area contributed by atoms with Gasteiger partial charge in [0.1, 0.15) is 0 Å². The number of hydrogen-bond donors (Lipinski definition) is 1. The van der Waals surface area contributed by atoms with Crippen LogP contribution >= 0.6 is 11.3 Å². The molecule has 7 nitrogen and oxygen atoms in total. The van der Waals surface area contributed by atoms with Crippen LogP contribution in [0.3, 0.4) is 0 Å². The number of aromatic nitrogens is 1. The highest BCUT2D eigenvalue weighted by molar-refractivity contribution is 7.14. The van der Waals surface area contributed by atoms with Gasteiger partial charge in [0.15, 0.2) is 5.13 Å². The van der Waals surface area contributed by atoms with Gasteiger partial charge in [0.05, 0.1) is 10.6 Å². The number of nitro groups is 1. The van der Waals surface area contributed by atoms with E-state index in [1.165, 1.54) is 18.9 Å². The molecular weight excluding hydrogens is 388 g/mol. The molecule has 0 atom stereocenters. The van der Waals surface area contributed by atoms with Crippen molar-refractivity contribution < 1.29 is 9.72 Å². The fraction of sp³-hybridized carbons (Fsp3) is 0.238. The second kappa shape index (κ2) is 8.00. The first-order valence-corrected chi connectivity index (χ1v) is 10.3. The molecule has 1 fully saturated rings. The lowest BCUT2D eigenvalue weighted by Gasteiger charge is -2.12. The molecule has 148 valence electrons. The van der Waals surface area contributed by atoms with Crippen molar-refractivity contribution in [2.24, 2.45) is 0 Å². The van der Waals surface area contributed by atoms with Gasteiger partial charge in [0, 0.05) is 46.9 Å². The number of carbonyl (C=O) groups excluding carboxylic acids is 1. The Morgan fingerprint density at radius 1 is 1.21 bits per heavy atom. The molecule has 29 heavy (non-hydrogen) atoms. The van der Waals surface area contributed by atoms with Gasteiger partial charge < -0.3 is 10.2 Å². The monoisotopic (exact) mass is 408 g/mol. The summed E-state index contributed by atoms with van der Waals surface area (Å²) in [5.74, 6) is -0.388. The number of nitrogens with one attached hydrogen (secondary N) is 1. The molecule has 0 saturated carbocycles. The van der Waals surface area contributed by atoms with E-state index in [0.29, 0.717) is 11.3 Å². The molecule has 1 N–H and O–H groups in total. The minimum atomic E-state index is -0.479. The zero-order valence-electron chi connectivity index (χ0n) is 15.9. The van der Waals surface area contributed by atoms with E-state index in [4.69, 9.17) is 4.98 Å². The molecule has 0 bridgehead atoms. The molecule has 0 unspecified atom stereocenters. The Morgan fingerprint density at radius 3 is 2.76 bits per heavy atom. The molecule has 1 aromatic heterocycles. The van der Waals surface area contributed by atoms with E-state index >= 15 is 0 Å². The van der Waals surface area contributed by atoms with Crippen molar-refractivity contribution in [1.82, 2.24) is 4.98 Å². The van der Waals surface area contributed by atoms with Gasteiger partial charge in [-0.25, -0.2) is 4.98 Å². The number of aryl methyl sites for hydroxylation is 1. The van der Waals surface area contributed by atoms with E-state index in [2.05, 4.69) is 10.2 Å². The van der Waals surface area contributed by atoms with Gasteiger partial charge in [-0.3, -0.25) is 14.9 Å². The highest BCUT2D eigenvalue weighted by Crippen LogP contribution is 2.30. The number of nitrogens with zero attached hydrogens (tertiary/aromatic N) is 3. The molecule has 0 radical (unpaired) electrons. The topological polar surface area (TPSA) is 88.4 Å². The quantitative estimate of drug-likeness (QED) is 0.480. The number of thiazole rings is 1. The van der Waals surface area contributed by atoms with Gasteiger partial charge in [-0.1, -0.05) is 18.2 Å². The molecule has 4 rings (SSSR count). The normalized spacial score (nSPS) is 13.5. The van der Waals surface area contributed by atoms with Crippen LogP contribution in [0.5, 0.6) is 0 Å². The maximum absolute atomic E-state index is 12.6. The van der Waals surface area contributed by atoms with Crippen molar-refractivity contribution in [1.29, 1.82) is 0 Å². The highest BCUT2D eigenvalue weighted by Gasteiger charge is 2.17. The van der Waals surface area contributed by atoms with E-state index in [0.717, 1.165) is 29.5 Å². The number of hydrogen-bond acceptors (Lipinski definition) is 6. The van der Waals surface area contributed by atoms with Crippen molar-refractivity contribution in [3.05, 3.63) is 69.1 Å². The lowest BCUT2D eigenvalue weighted by atomic mass is 10.1. The smallest absolute Gasteiger partial charge is 0.273 e. The largest absolute Gasteiger partial charge is 0.348 e. The van der Waals surface area contributed by atoms with Crippen LogP contribution in [0.2, 0.25) is 0 Å². The van der Waals surface area contributed by atoms with Gasteiger partial charge in [0.25, 0.3) is 11.6 Å². The Labute approximate surface area is 172 Å². The van der Waals surface area contributed by atoms with E-state index < -0.39 is 4.92 Å². The summed E-state index contributed by atoms with van der Waals surface area (Å²) >= 11 is 1.63. The molecule has 0 spiro atoms. The molecule has 1 aliphatic heterocycles. The molecule has 2 aromatic carbocycles. The molecule has 3 aromatic rings. The Kier molecular flexibility index (Phi) is 5.26. The third kappa shape index (κ3) is 4.12. The van der Waals surface area contributed by atoms with Gasteiger partial charge in [-0.15, -0.1) is 11.3 Å². The second-order valence-corrected chi connectivity index (χ2v) is 7.84. The molecule has 1 amide bonds. The lowest BCUT2D eigenvalue weighted by Crippen LogP contribution is -2.17. The van der Waals surface area contributed by atoms with Crippen LogP contribution in [0.1, 0.15) is 28.8 Å². The molecule has 8 heteroatoms. The number of rotatable bonds is 5.